The molecular formula is C24H23NO5. The van der Waals surface area contributed by atoms with Crippen molar-refractivity contribution in [1.82, 2.24) is 4.98 Å². The highest BCUT2D eigenvalue weighted by Gasteiger charge is 2.22. The van der Waals surface area contributed by atoms with Crippen LogP contribution in [-0.2, 0) is 0 Å². The van der Waals surface area contributed by atoms with Crippen molar-refractivity contribution in [3.63, 3.8) is 0 Å². The summed E-state index contributed by atoms with van der Waals surface area (Å²) in [5.41, 5.74) is 4.67. The fourth-order valence-corrected chi connectivity index (χ4v) is 4.00. The highest BCUT2D eigenvalue weighted by atomic mass is 16.5. The largest absolute Gasteiger partial charge is 0.508 e. The van der Waals surface area contributed by atoms with Gasteiger partial charge in [0.05, 0.1) is 21.3 Å². The van der Waals surface area contributed by atoms with Crippen molar-refractivity contribution in [2.45, 2.75) is 13.8 Å². The summed E-state index contributed by atoms with van der Waals surface area (Å²) >= 11 is 0. The number of benzene rings is 3. The van der Waals surface area contributed by atoms with Crippen LogP contribution >= 0.6 is 0 Å². The van der Waals surface area contributed by atoms with Gasteiger partial charge in [-0.05, 0) is 61.4 Å². The van der Waals surface area contributed by atoms with E-state index in [0.29, 0.717) is 28.4 Å². The van der Waals surface area contributed by atoms with Gasteiger partial charge in [-0.2, -0.15) is 0 Å². The third kappa shape index (κ3) is 2.92. The summed E-state index contributed by atoms with van der Waals surface area (Å²) in [5.74, 6) is 1.32. The second-order valence-corrected chi connectivity index (χ2v) is 7.21. The van der Waals surface area contributed by atoms with Gasteiger partial charge in [-0.3, -0.25) is 4.79 Å². The topological polar surface area (TPSA) is 80.8 Å². The second kappa shape index (κ2) is 7.30. The number of hydrogen-bond donors (Lipinski definition) is 2. The Morgan fingerprint density at radius 1 is 0.933 bits per heavy atom. The minimum Gasteiger partial charge on any atom is -0.508 e. The molecule has 6 heteroatoms. The maximum absolute atomic E-state index is 13.5. The Labute approximate surface area is 174 Å². The van der Waals surface area contributed by atoms with Gasteiger partial charge in [-0.15, -0.1) is 0 Å². The van der Waals surface area contributed by atoms with E-state index in [9.17, 15) is 9.90 Å². The van der Waals surface area contributed by atoms with E-state index in [-0.39, 0.29) is 11.5 Å². The van der Waals surface area contributed by atoms with Crippen LogP contribution in [0.5, 0.6) is 23.0 Å². The average Bonchev–Trinajstić information content (AvgIpc) is 3.14. The first kappa shape index (κ1) is 19.6. The molecule has 3 aromatic carbocycles. The predicted octanol–water partition coefficient (Wildman–Crippen LogP) is 4.90. The second-order valence-electron chi connectivity index (χ2n) is 7.21. The van der Waals surface area contributed by atoms with Crippen LogP contribution in [0.1, 0.15) is 27.0 Å². The molecule has 0 spiro atoms. The summed E-state index contributed by atoms with van der Waals surface area (Å²) in [7, 11) is 4.56. The molecule has 4 rings (SSSR count). The number of phenols is 1. The van der Waals surface area contributed by atoms with Gasteiger partial charge in [0, 0.05) is 32.9 Å². The van der Waals surface area contributed by atoms with Crippen molar-refractivity contribution < 1.29 is 24.1 Å². The molecule has 0 radical (unpaired) electrons. The van der Waals surface area contributed by atoms with E-state index in [1.54, 1.807) is 24.3 Å². The van der Waals surface area contributed by atoms with Crippen LogP contribution in [0.4, 0.5) is 0 Å². The monoisotopic (exact) mass is 405 g/mol. The predicted molar refractivity (Wildman–Crippen MR) is 116 cm³/mol. The quantitative estimate of drug-likeness (QED) is 0.462. The Kier molecular flexibility index (Phi) is 4.78. The summed E-state index contributed by atoms with van der Waals surface area (Å²) in [5, 5.41) is 11.8. The molecule has 6 nitrogen and oxygen atoms in total. The summed E-state index contributed by atoms with van der Waals surface area (Å²) in [4.78, 5) is 16.9. The first-order chi connectivity index (χ1) is 14.4. The summed E-state index contributed by atoms with van der Waals surface area (Å²) in [6.45, 7) is 3.88. The van der Waals surface area contributed by atoms with E-state index in [0.717, 1.165) is 32.9 Å². The van der Waals surface area contributed by atoms with Crippen LogP contribution in [0.3, 0.4) is 0 Å². The summed E-state index contributed by atoms with van der Waals surface area (Å²) in [6, 6.07) is 10.4. The van der Waals surface area contributed by atoms with Crippen LogP contribution < -0.4 is 14.2 Å². The minimum atomic E-state index is -0.147. The maximum atomic E-state index is 13.5. The number of methoxy groups -OCH3 is 3. The normalized spacial score (nSPS) is 11.1. The molecule has 0 atom stereocenters. The number of ketones is 1. The number of carbonyl (C=O) groups is 1. The molecule has 0 saturated carbocycles. The van der Waals surface area contributed by atoms with E-state index in [2.05, 4.69) is 4.98 Å². The van der Waals surface area contributed by atoms with Crippen LogP contribution in [-0.4, -0.2) is 37.2 Å². The number of phenolic OH excluding ortho intramolecular Hbond substituents is 1. The zero-order valence-corrected chi connectivity index (χ0v) is 17.5. The molecule has 0 unspecified atom stereocenters. The molecule has 0 aliphatic rings. The molecule has 0 aliphatic carbocycles. The highest BCUT2D eigenvalue weighted by Crippen LogP contribution is 2.40. The van der Waals surface area contributed by atoms with Gasteiger partial charge in [0.1, 0.15) is 5.75 Å². The molecule has 4 aromatic rings. The number of aromatic hydroxyl groups is 1. The molecule has 0 saturated heterocycles. The number of aryl methyl sites for hydroxylation is 2. The van der Waals surface area contributed by atoms with Crippen molar-refractivity contribution in [1.29, 1.82) is 0 Å². The lowest BCUT2D eigenvalue weighted by molar-refractivity contribution is 0.103. The van der Waals surface area contributed by atoms with Crippen LogP contribution in [0.15, 0.2) is 36.4 Å². The first-order valence-electron chi connectivity index (χ1n) is 9.48. The summed E-state index contributed by atoms with van der Waals surface area (Å²) < 4.78 is 16.2. The highest BCUT2D eigenvalue weighted by molar-refractivity contribution is 6.17. The minimum absolute atomic E-state index is 0.147. The van der Waals surface area contributed by atoms with Gasteiger partial charge < -0.3 is 24.3 Å². The van der Waals surface area contributed by atoms with Crippen molar-refractivity contribution in [2.24, 2.45) is 0 Å². The fourth-order valence-electron chi connectivity index (χ4n) is 4.00. The number of hydrogen-bond acceptors (Lipinski definition) is 5. The SMILES string of the molecule is COc1cc(C(=O)c2cc(C)c3[nH]c4ccc(O)cc4c3c2C)cc(OC)c1OC. The van der Waals surface area contributed by atoms with Crippen LogP contribution in [0.2, 0.25) is 0 Å². The molecule has 1 aromatic heterocycles. The number of aromatic amines is 1. The Morgan fingerprint density at radius 2 is 1.60 bits per heavy atom. The number of H-pyrrole nitrogens is 1. The number of aromatic nitrogens is 1. The standard InChI is InChI=1S/C24H23NO5/c1-12-8-16(13(2)21-17-11-15(26)6-7-18(17)25-22(12)21)23(27)14-9-19(28-3)24(30-5)20(10-14)29-4/h6-11,25-26H,1-5H3. The van der Waals surface area contributed by atoms with E-state index in [4.69, 9.17) is 14.2 Å². The fraction of sp³-hybridized carbons (Fsp3) is 0.208. The molecule has 154 valence electrons. The molecular weight excluding hydrogens is 382 g/mol. The Hall–Kier alpha value is -3.67. The Morgan fingerprint density at radius 3 is 2.20 bits per heavy atom. The van der Waals surface area contributed by atoms with E-state index >= 15 is 0 Å². The lowest BCUT2D eigenvalue weighted by atomic mass is 9.93. The lowest BCUT2D eigenvalue weighted by Crippen LogP contribution is -2.07. The van der Waals surface area contributed by atoms with E-state index < -0.39 is 0 Å². The van der Waals surface area contributed by atoms with Gasteiger partial charge in [-0.25, -0.2) is 0 Å². The van der Waals surface area contributed by atoms with Crippen LogP contribution in [0, 0.1) is 13.8 Å². The number of carbonyl (C=O) groups excluding carboxylic acids is 1. The molecule has 0 fully saturated rings. The molecule has 30 heavy (non-hydrogen) atoms. The maximum Gasteiger partial charge on any atom is 0.203 e. The van der Waals surface area contributed by atoms with Crippen LogP contribution in [0.25, 0.3) is 21.8 Å². The molecule has 0 amide bonds. The third-order valence-corrected chi connectivity index (χ3v) is 5.49. The lowest BCUT2D eigenvalue weighted by Gasteiger charge is -2.15. The first-order valence-corrected chi connectivity index (χ1v) is 9.48. The van der Waals surface area contributed by atoms with Crippen molar-refractivity contribution >= 4 is 27.6 Å². The van der Waals surface area contributed by atoms with E-state index in [1.807, 2.05) is 26.0 Å². The summed E-state index contributed by atoms with van der Waals surface area (Å²) in [6.07, 6.45) is 0. The number of rotatable bonds is 5. The third-order valence-electron chi connectivity index (χ3n) is 5.49. The van der Waals surface area contributed by atoms with Gasteiger partial charge >= 0.3 is 0 Å². The molecule has 0 aliphatic heterocycles. The zero-order chi connectivity index (χ0) is 21.6. The van der Waals surface area contributed by atoms with Crippen molar-refractivity contribution in [3.8, 4) is 23.0 Å². The van der Waals surface area contributed by atoms with Gasteiger partial charge in [0.15, 0.2) is 17.3 Å². The smallest absolute Gasteiger partial charge is 0.203 e. The average molecular weight is 405 g/mol. The van der Waals surface area contributed by atoms with Gasteiger partial charge in [-0.1, -0.05) is 0 Å². The van der Waals surface area contributed by atoms with Gasteiger partial charge in [0.2, 0.25) is 5.75 Å². The Balaban J connectivity index is 1.96. The van der Waals surface area contributed by atoms with Gasteiger partial charge in [0.25, 0.3) is 0 Å². The number of ether oxygens (including phenoxy) is 3. The zero-order valence-electron chi connectivity index (χ0n) is 17.5. The van der Waals surface area contributed by atoms with Crippen molar-refractivity contribution in [3.05, 3.63) is 58.7 Å². The molecule has 0 bridgehead atoms. The number of fused-ring (bicyclic) bond motifs is 3. The van der Waals surface area contributed by atoms with Crippen molar-refractivity contribution in [2.75, 3.05) is 21.3 Å². The Bertz CT molecular complexity index is 1280. The van der Waals surface area contributed by atoms with E-state index in [1.165, 1.54) is 21.3 Å². The molecule has 1 heterocycles. The number of nitrogens with one attached hydrogen (secondary N) is 1. The molecule has 2 N–H and O–H groups in total.